The number of rotatable bonds is 6. The van der Waals surface area contributed by atoms with Crippen LogP contribution in [0.5, 0.6) is 0 Å². The molecule has 0 bridgehead atoms. The lowest BCUT2D eigenvalue weighted by Crippen LogP contribution is -2.36. The number of amidine groups is 1. The Labute approximate surface area is 78.6 Å². The van der Waals surface area contributed by atoms with Gasteiger partial charge in [-0.25, -0.2) is 0 Å². The van der Waals surface area contributed by atoms with Gasteiger partial charge in [0.05, 0.1) is 0 Å². The molecule has 0 saturated heterocycles. The Balaban J connectivity index is 3.63. The fraction of sp³-hybridized carbons (Fsp3) is 0.875. The molecule has 0 aromatic carbocycles. The quantitative estimate of drug-likeness (QED) is 0.200. The summed E-state index contributed by atoms with van der Waals surface area (Å²) in [4.78, 5) is 0. The standard InChI is InChI=1S/C8H19N3O2/c1-6(8(9)11-13)5-10-7(2)3-4-12/h6-7,10,12-13H,3-5H2,1-2H3,(H2,9,11). The van der Waals surface area contributed by atoms with E-state index in [1.165, 1.54) is 0 Å². The summed E-state index contributed by atoms with van der Waals surface area (Å²) in [6.45, 7) is 4.67. The van der Waals surface area contributed by atoms with Gasteiger partial charge in [-0.1, -0.05) is 12.1 Å². The van der Waals surface area contributed by atoms with Gasteiger partial charge in [0.25, 0.3) is 0 Å². The lowest BCUT2D eigenvalue weighted by molar-refractivity contribution is 0.267. The van der Waals surface area contributed by atoms with E-state index in [9.17, 15) is 0 Å². The van der Waals surface area contributed by atoms with Crippen LogP contribution in [0.3, 0.4) is 0 Å². The molecule has 0 rings (SSSR count). The van der Waals surface area contributed by atoms with Gasteiger partial charge in [-0.15, -0.1) is 0 Å². The van der Waals surface area contributed by atoms with Gasteiger partial charge in [0, 0.05) is 25.1 Å². The lowest BCUT2D eigenvalue weighted by Gasteiger charge is -2.15. The van der Waals surface area contributed by atoms with E-state index >= 15 is 0 Å². The third-order valence-corrected chi connectivity index (χ3v) is 1.95. The van der Waals surface area contributed by atoms with E-state index < -0.39 is 0 Å². The van der Waals surface area contributed by atoms with Crippen LogP contribution in [0, 0.1) is 5.92 Å². The second kappa shape index (κ2) is 6.68. The van der Waals surface area contributed by atoms with Gasteiger partial charge < -0.3 is 21.4 Å². The van der Waals surface area contributed by atoms with Crippen molar-refractivity contribution < 1.29 is 10.3 Å². The highest BCUT2D eigenvalue weighted by Gasteiger charge is 2.08. The van der Waals surface area contributed by atoms with Gasteiger partial charge in [0.1, 0.15) is 5.84 Å². The summed E-state index contributed by atoms with van der Waals surface area (Å²) in [5, 5.41) is 23.1. The molecule has 5 heteroatoms. The van der Waals surface area contributed by atoms with Gasteiger partial charge in [-0.2, -0.15) is 0 Å². The van der Waals surface area contributed by atoms with E-state index in [1.807, 2.05) is 13.8 Å². The fourth-order valence-electron chi connectivity index (χ4n) is 0.877. The monoisotopic (exact) mass is 189 g/mol. The minimum absolute atomic E-state index is 0.00569. The number of aliphatic hydroxyl groups is 1. The molecule has 2 unspecified atom stereocenters. The van der Waals surface area contributed by atoms with E-state index in [2.05, 4.69) is 10.5 Å². The molecule has 0 fully saturated rings. The third kappa shape index (κ3) is 5.43. The summed E-state index contributed by atoms with van der Waals surface area (Å²) in [5.74, 6) is 0.231. The van der Waals surface area contributed by atoms with Crippen molar-refractivity contribution in [2.45, 2.75) is 26.3 Å². The molecule has 0 saturated carbocycles. The molecular weight excluding hydrogens is 170 g/mol. The number of nitrogens with one attached hydrogen (secondary N) is 1. The summed E-state index contributed by atoms with van der Waals surface area (Å²) in [5.41, 5.74) is 5.39. The van der Waals surface area contributed by atoms with Crippen LogP contribution in [-0.4, -0.2) is 35.3 Å². The number of hydrogen-bond donors (Lipinski definition) is 4. The minimum atomic E-state index is 0.00569. The van der Waals surface area contributed by atoms with Gasteiger partial charge >= 0.3 is 0 Å². The largest absolute Gasteiger partial charge is 0.409 e. The number of nitrogens with zero attached hydrogens (tertiary/aromatic N) is 1. The van der Waals surface area contributed by atoms with Gasteiger partial charge in [0.15, 0.2) is 0 Å². The predicted octanol–water partition coefficient (Wildman–Crippen LogP) is -0.271. The molecule has 5 nitrogen and oxygen atoms in total. The Kier molecular flexibility index (Phi) is 6.26. The zero-order valence-electron chi connectivity index (χ0n) is 8.20. The number of aliphatic hydroxyl groups excluding tert-OH is 1. The zero-order chi connectivity index (χ0) is 10.3. The second-order valence-electron chi connectivity index (χ2n) is 3.25. The van der Waals surface area contributed by atoms with E-state index in [-0.39, 0.29) is 24.4 Å². The summed E-state index contributed by atoms with van der Waals surface area (Å²) in [6, 6.07) is 0.249. The maximum atomic E-state index is 8.63. The molecule has 0 heterocycles. The Morgan fingerprint density at radius 2 is 2.15 bits per heavy atom. The van der Waals surface area contributed by atoms with Crippen molar-refractivity contribution in [2.24, 2.45) is 16.8 Å². The normalized spacial score (nSPS) is 17.0. The molecule has 0 aliphatic heterocycles. The van der Waals surface area contributed by atoms with E-state index in [0.717, 1.165) is 0 Å². The van der Waals surface area contributed by atoms with E-state index in [1.54, 1.807) is 0 Å². The minimum Gasteiger partial charge on any atom is -0.409 e. The Morgan fingerprint density at radius 1 is 1.54 bits per heavy atom. The third-order valence-electron chi connectivity index (χ3n) is 1.95. The maximum absolute atomic E-state index is 8.63. The smallest absolute Gasteiger partial charge is 0.143 e. The van der Waals surface area contributed by atoms with Crippen LogP contribution in [0.15, 0.2) is 5.16 Å². The Hall–Kier alpha value is -0.810. The average Bonchev–Trinajstić information content (AvgIpc) is 2.13. The lowest BCUT2D eigenvalue weighted by atomic mass is 10.1. The van der Waals surface area contributed by atoms with Crippen LogP contribution in [0.1, 0.15) is 20.3 Å². The highest BCUT2D eigenvalue weighted by Crippen LogP contribution is 1.95. The van der Waals surface area contributed by atoms with Crippen molar-refractivity contribution in [2.75, 3.05) is 13.2 Å². The van der Waals surface area contributed by atoms with Crippen molar-refractivity contribution in [3.8, 4) is 0 Å². The number of nitrogens with two attached hydrogens (primary N) is 1. The molecule has 2 atom stereocenters. The Bertz CT molecular complexity index is 161. The molecule has 0 aliphatic carbocycles. The zero-order valence-corrected chi connectivity index (χ0v) is 8.20. The van der Waals surface area contributed by atoms with E-state index in [4.69, 9.17) is 16.0 Å². The van der Waals surface area contributed by atoms with Gasteiger partial charge in [-0.05, 0) is 13.3 Å². The molecule has 0 aromatic heterocycles. The highest BCUT2D eigenvalue weighted by atomic mass is 16.4. The van der Waals surface area contributed by atoms with Crippen LogP contribution >= 0.6 is 0 Å². The predicted molar refractivity (Wildman–Crippen MR) is 51.7 cm³/mol. The first-order chi connectivity index (χ1) is 6.11. The van der Waals surface area contributed by atoms with E-state index in [0.29, 0.717) is 13.0 Å². The summed E-state index contributed by atoms with van der Waals surface area (Å²) in [6.07, 6.45) is 0.711. The molecule has 0 aliphatic rings. The molecule has 0 amide bonds. The first-order valence-electron chi connectivity index (χ1n) is 4.43. The van der Waals surface area contributed by atoms with Crippen molar-refractivity contribution >= 4 is 5.84 Å². The maximum Gasteiger partial charge on any atom is 0.143 e. The fourth-order valence-corrected chi connectivity index (χ4v) is 0.877. The molecule has 0 spiro atoms. The molecular formula is C8H19N3O2. The van der Waals surface area contributed by atoms with Crippen LogP contribution in [-0.2, 0) is 0 Å². The SMILES string of the molecule is CC(CCO)NCC(C)C(N)=NO. The topological polar surface area (TPSA) is 90.9 Å². The van der Waals surface area contributed by atoms with Crippen molar-refractivity contribution in [1.29, 1.82) is 0 Å². The number of oxime groups is 1. The van der Waals surface area contributed by atoms with Gasteiger partial charge in [0.2, 0.25) is 0 Å². The average molecular weight is 189 g/mol. The molecule has 78 valence electrons. The molecule has 5 N–H and O–H groups in total. The molecule has 0 radical (unpaired) electrons. The van der Waals surface area contributed by atoms with Gasteiger partial charge in [-0.3, -0.25) is 0 Å². The van der Waals surface area contributed by atoms with Crippen LogP contribution in [0.2, 0.25) is 0 Å². The molecule has 0 aromatic rings. The summed E-state index contributed by atoms with van der Waals surface area (Å²) in [7, 11) is 0. The highest BCUT2D eigenvalue weighted by molar-refractivity contribution is 5.82. The van der Waals surface area contributed by atoms with Crippen LogP contribution in [0.4, 0.5) is 0 Å². The summed E-state index contributed by atoms with van der Waals surface area (Å²) < 4.78 is 0. The van der Waals surface area contributed by atoms with Crippen molar-refractivity contribution in [3.63, 3.8) is 0 Å². The summed E-state index contributed by atoms with van der Waals surface area (Å²) >= 11 is 0. The second-order valence-corrected chi connectivity index (χ2v) is 3.25. The first-order valence-corrected chi connectivity index (χ1v) is 4.43. The first kappa shape index (κ1) is 12.2. The van der Waals surface area contributed by atoms with Crippen LogP contribution in [0.25, 0.3) is 0 Å². The van der Waals surface area contributed by atoms with Crippen molar-refractivity contribution in [3.05, 3.63) is 0 Å². The van der Waals surface area contributed by atoms with Crippen LogP contribution < -0.4 is 11.1 Å². The molecule has 13 heavy (non-hydrogen) atoms. The van der Waals surface area contributed by atoms with Crippen molar-refractivity contribution in [1.82, 2.24) is 5.32 Å². The number of hydrogen-bond acceptors (Lipinski definition) is 4. The Morgan fingerprint density at radius 3 is 2.62 bits per heavy atom.